The second-order valence-corrected chi connectivity index (χ2v) is 8.53. The lowest BCUT2D eigenvalue weighted by atomic mass is 10.1. The van der Waals surface area contributed by atoms with Crippen molar-refractivity contribution in [2.24, 2.45) is 0 Å². The van der Waals surface area contributed by atoms with E-state index in [0.29, 0.717) is 34.6 Å². The van der Waals surface area contributed by atoms with E-state index in [1.807, 2.05) is 60.7 Å². The zero-order chi connectivity index (χ0) is 23.5. The maximum Gasteiger partial charge on any atom is 0.230 e. The molecule has 0 saturated carbocycles. The van der Waals surface area contributed by atoms with Gasteiger partial charge in [-0.3, -0.25) is 9.78 Å². The van der Waals surface area contributed by atoms with Gasteiger partial charge in [0.1, 0.15) is 11.5 Å². The van der Waals surface area contributed by atoms with Gasteiger partial charge in [-0.2, -0.15) is 0 Å². The average Bonchev–Trinajstić information content (AvgIpc) is 3.25. The molecule has 5 aromatic rings. The Hall–Kier alpha value is -4.17. The Labute approximate surface area is 200 Å². The second kappa shape index (κ2) is 9.36. The number of pyridine rings is 1. The van der Waals surface area contributed by atoms with E-state index in [9.17, 15) is 4.79 Å². The SMILES string of the molecule is COc1cc2nccc(Oc3ccc4nc(NC(=O)Cc5ccccc5)sc4c3)c2cc1OC. The highest BCUT2D eigenvalue weighted by molar-refractivity contribution is 7.22. The number of aromatic nitrogens is 2. The molecule has 5 rings (SSSR count). The van der Waals surface area contributed by atoms with Crippen molar-refractivity contribution in [1.82, 2.24) is 9.97 Å². The first-order valence-electron chi connectivity index (χ1n) is 10.6. The fourth-order valence-corrected chi connectivity index (χ4v) is 4.54. The van der Waals surface area contributed by atoms with Crippen molar-refractivity contribution >= 4 is 43.5 Å². The van der Waals surface area contributed by atoms with E-state index in [1.165, 1.54) is 11.3 Å². The van der Waals surface area contributed by atoms with E-state index >= 15 is 0 Å². The average molecular weight is 472 g/mol. The summed E-state index contributed by atoms with van der Waals surface area (Å²) in [5.74, 6) is 2.40. The third-order valence-corrected chi connectivity index (χ3v) is 6.18. The number of benzene rings is 3. The molecule has 0 fully saturated rings. The molecular formula is C26H21N3O4S. The molecule has 7 nitrogen and oxygen atoms in total. The van der Waals surface area contributed by atoms with Crippen LogP contribution < -0.4 is 19.5 Å². The quantitative estimate of drug-likeness (QED) is 0.321. The molecule has 2 heterocycles. The summed E-state index contributed by atoms with van der Waals surface area (Å²) in [6.07, 6.45) is 1.99. The van der Waals surface area contributed by atoms with Crippen molar-refractivity contribution in [3.05, 3.63) is 78.5 Å². The van der Waals surface area contributed by atoms with Gasteiger partial charge in [-0.25, -0.2) is 4.98 Å². The third-order valence-electron chi connectivity index (χ3n) is 5.25. The first kappa shape index (κ1) is 21.7. The summed E-state index contributed by atoms with van der Waals surface area (Å²) in [6, 6.07) is 20.7. The number of anilines is 1. The minimum atomic E-state index is -0.102. The molecule has 1 amide bonds. The van der Waals surface area contributed by atoms with Gasteiger partial charge in [0, 0.05) is 23.7 Å². The lowest BCUT2D eigenvalue weighted by molar-refractivity contribution is -0.115. The topological polar surface area (TPSA) is 82.6 Å². The maximum atomic E-state index is 12.4. The monoisotopic (exact) mass is 471 g/mol. The second-order valence-electron chi connectivity index (χ2n) is 7.49. The molecule has 0 atom stereocenters. The zero-order valence-electron chi connectivity index (χ0n) is 18.6. The number of rotatable bonds is 7. The molecule has 0 aliphatic heterocycles. The zero-order valence-corrected chi connectivity index (χ0v) is 19.4. The summed E-state index contributed by atoms with van der Waals surface area (Å²) >= 11 is 1.40. The maximum absolute atomic E-state index is 12.4. The number of hydrogen-bond donors (Lipinski definition) is 1. The molecule has 0 unspecified atom stereocenters. The van der Waals surface area contributed by atoms with Gasteiger partial charge in [-0.05, 0) is 29.8 Å². The van der Waals surface area contributed by atoms with E-state index in [1.54, 1.807) is 26.5 Å². The number of nitrogens with one attached hydrogen (secondary N) is 1. The fourth-order valence-electron chi connectivity index (χ4n) is 3.63. The normalized spacial score (nSPS) is 10.9. The van der Waals surface area contributed by atoms with Gasteiger partial charge in [0.25, 0.3) is 0 Å². The highest BCUT2D eigenvalue weighted by Crippen LogP contribution is 2.38. The number of thiazole rings is 1. The Morgan fingerprint density at radius 2 is 1.71 bits per heavy atom. The van der Waals surface area contributed by atoms with Crippen molar-refractivity contribution in [2.75, 3.05) is 19.5 Å². The first-order chi connectivity index (χ1) is 16.6. The number of amides is 1. The van der Waals surface area contributed by atoms with Crippen molar-refractivity contribution in [2.45, 2.75) is 6.42 Å². The van der Waals surface area contributed by atoms with Gasteiger partial charge in [0.05, 0.1) is 36.4 Å². The summed E-state index contributed by atoms with van der Waals surface area (Å²) in [7, 11) is 3.18. The van der Waals surface area contributed by atoms with Crippen molar-refractivity contribution in [3.8, 4) is 23.0 Å². The molecule has 0 spiro atoms. The number of hydrogen-bond acceptors (Lipinski definition) is 7. The molecule has 2 aromatic heterocycles. The van der Waals surface area contributed by atoms with Crippen LogP contribution in [0.15, 0.2) is 72.9 Å². The summed E-state index contributed by atoms with van der Waals surface area (Å²) in [5, 5.41) is 4.25. The predicted molar refractivity (Wildman–Crippen MR) is 133 cm³/mol. The minimum Gasteiger partial charge on any atom is -0.493 e. The number of ether oxygens (including phenoxy) is 3. The van der Waals surface area contributed by atoms with E-state index in [-0.39, 0.29) is 5.91 Å². The molecule has 0 aliphatic carbocycles. The highest BCUT2D eigenvalue weighted by atomic mass is 32.1. The van der Waals surface area contributed by atoms with Crippen LogP contribution in [0.5, 0.6) is 23.0 Å². The van der Waals surface area contributed by atoms with Crippen LogP contribution in [0.2, 0.25) is 0 Å². The molecule has 0 aliphatic rings. The minimum absolute atomic E-state index is 0.102. The van der Waals surface area contributed by atoms with Crippen molar-refractivity contribution in [3.63, 3.8) is 0 Å². The summed E-state index contributed by atoms with van der Waals surface area (Å²) in [4.78, 5) is 21.3. The lowest BCUT2D eigenvalue weighted by Gasteiger charge is -2.12. The number of methoxy groups -OCH3 is 2. The molecule has 0 saturated heterocycles. The van der Waals surface area contributed by atoms with E-state index in [2.05, 4.69) is 15.3 Å². The fraction of sp³-hybridized carbons (Fsp3) is 0.115. The third kappa shape index (κ3) is 4.49. The Kier molecular flexibility index (Phi) is 5.97. The van der Waals surface area contributed by atoms with Gasteiger partial charge in [-0.1, -0.05) is 41.7 Å². The van der Waals surface area contributed by atoms with Gasteiger partial charge in [0.15, 0.2) is 16.6 Å². The van der Waals surface area contributed by atoms with Crippen LogP contribution >= 0.6 is 11.3 Å². The van der Waals surface area contributed by atoms with Crippen molar-refractivity contribution in [1.29, 1.82) is 0 Å². The summed E-state index contributed by atoms with van der Waals surface area (Å²) < 4.78 is 17.9. The van der Waals surface area contributed by atoms with Gasteiger partial charge < -0.3 is 19.5 Å². The van der Waals surface area contributed by atoms with Crippen molar-refractivity contribution < 1.29 is 19.0 Å². The Morgan fingerprint density at radius 1 is 0.912 bits per heavy atom. The van der Waals surface area contributed by atoms with Crippen LogP contribution in [0.1, 0.15) is 5.56 Å². The molecule has 170 valence electrons. The number of carbonyl (C=O) groups excluding carboxylic acids is 1. The molecule has 0 bridgehead atoms. The summed E-state index contributed by atoms with van der Waals surface area (Å²) in [6.45, 7) is 0. The Morgan fingerprint density at radius 3 is 2.50 bits per heavy atom. The van der Waals surface area contributed by atoms with Crippen LogP contribution in [-0.4, -0.2) is 30.1 Å². The summed E-state index contributed by atoms with van der Waals surface area (Å²) in [5.41, 5.74) is 2.48. The van der Waals surface area contributed by atoms with E-state index in [4.69, 9.17) is 14.2 Å². The molecule has 0 radical (unpaired) electrons. The predicted octanol–water partition coefficient (Wildman–Crippen LogP) is 5.84. The number of carbonyl (C=O) groups is 1. The van der Waals surface area contributed by atoms with Gasteiger partial charge in [0.2, 0.25) is 5.91 Å². The molecule has 8 heteroatoms. The molecular weight excluding hydrogens is 450 g/mol. The highest BCUT2D eigenvalue weighted by Gasteiger charge is 2.13. The van der Waals surface area contributed by atoms with Crippen LogP contribution in [0.3, 0.4) is 0 Å². The van der Waals surface area contributed by atoms with Gasteiger partial charge in [-0.15, -0.1) is 0 Å². The standard InChI is InChI=1S/C26H21N3O4S/c1-31-22-14-18-20(15-23(22)32-2)27-11-10-21(18)33-17-8-9-19-24(13-17)34-26(28-19)29-25(30)12-16-6-4-3-5-7-16/h3-11,13-15H,12H2,1-2H3,(H,28,29,30). The van der Waals surface area contributed by atoms with Crippen LogP contribution in [0.25, 0.3) is 21.1 Å². The lowest BCUT2D eigenvalue weighted by Crippen LogP contribution is -2.13. The molecule has 3 aromatic carbocycles. The van der Waals surface area contributed by atoms with Crippen LogP contribution in [0.4, 0.5) is 5.13 Å². The van der Waals surface area contributed by atoms with Crippen LogP contribution in [-0.2, 0) is 11.2 Å². The van der Waals surface area contributed by atoms with Crippen LogP contribution in [0, 0.1) is 0 Å². The van der Waals surface area contributed by atoms with E-state index in [0.717, 1.165) is 26.7 Å². The first-order valence-corrected chi connectivity index (χ1v) is 11.4. The van der Waals surface area contributed by atoms with E-state index < -0.39 is 0 Å². The van der Waals surface area contributed by atoms with Gasteiger partial charge >= 0.3 is 0 Å². The Balaban J connectivity index is 1.38. The number of nitrogens with zero attached hydrogens (tertiary/aromatic N) is 2. The smallest absolute Gasteiger partial charge is 0.230 e. The largest absolute Gasteiger partial charge is 0.493 e. The Bertz CT molecular complexity index is 1480. The molecule has 34 heavy (non-hydrogen) atoms. The number of fused-ring (bicyclic) bond motifs is 2. The molecule has 1 N–H and O–H groups in total.